The molecule has 0 aliphatic carbocycles. The summed E-state index contributed by atoms with van der Waals surface area (Å²) < 4.78 is 2.14. The predicted octanol–water partition coefficient (Wildman–Crippen LogP) is 0.779. The molecule has 0 fully saturated rings. The van der Waals surface area contributed by atoms with Crippen molar-refractivity contribution < 1.29 is 9.36 Å². The van der Waals surface area contributed by atoms with Crippen molar-refractivity contribution in [1.29, 1.82) is 0 Å². The standard InChI is InChI=1S/C11H12N.C3H7N3O/c1-9-7-10-5-3-4-6-11(10)8-12(9)2;1-2(7)6-3(4)5/h3-8H,1-2H3;1H3,(H4,4,5,6,7)/q+1;. The van der Waals surface area contributed by atoms with Gasteiger partial charge in [0.1, 0.15) is 7.05 Å². The van der Waals surface area contributed by atoms with E-state index in [1.165, 1.54) is 23.4 Å². The zero-order valence-electron chi connectivity index (χ0n) is 11.4. The van der Waals surface area contributed by atoms with Crippen molar-refractivity contribution in [2.75, 3.05) is 0 Å². The summed E-state index contributed by atoms with van der Waals surface area (Å²) in [5, 5.41) is 2.61. The number of hydrogen-bond donors (Lipinski definition) is 2. The first kappa shape index (κ1) is 14.6. The third-order valence-electron chi connectivity index (χ3n) is 2.54. The monoisotopic (exact) mass is 259 g/mol. The summed E-state index contributed by atoms with van der Waals surface area (Å²) in [5.41, 5.74) is 10.9. The second-order valence-corrected chi connectivity index (χ2v) is 4.21. The molecule has 0 unspecified atom stereocenters. The lowest BCUT2D eigenvalue weighted by Crippen LogP contribution is -2.30. The van der Waals surface area contributed by atoms with Gasteiger partial charge >= 0.3 is 0 Å². The Labute approximate surface area is 112 Å². The summed E-state index contributed by atoms with van der Waals surface area (Å²) in [5.74, 6) is -0.562. The van der Waals surface area contributed by atoms with E-state index in [9.17, 15) is 4.79 Å². The number of benzene rings is 1. The number of hydrogen-bond acceptors (Lipinski definition) is 1. The minimum Gasteiger partial charge on any atom is -0.370 e. The molecule has 1 heterocycles. The van der Waals surface area contributed by atoms with Crippen LogP contribution >= 0.6 is 0 Å². The maximum absolute atomic E-state index is 9.91. The molecule has 1 amide bonds. The summed E-state index contributed by atoms with van der Waals surface area (Å²) in [4.78, 5) is 13.0. The Morgan fingerprint density at radius 1 is 1.21 bits per heavy atom. The lowest BCUT2D eigenvalue weighted by Gasteiger charge is -1.97. The zero-order chi connectivity index (χ0) is 14.4. The smallest absolute Gasteiger partial charge is 0.245 e. The Bertz CT molecular complexity index is 575. The van der Waals surface area contributed by atoms with Gasteiger partial charge in [-0.3, -0.25) is 4.79 Å². The van der Waals surface area contributed by atoms with E-state index < -0.39 is 0 Å². The number of aryl methyl sites for hydroxylation is 2. The van der Waals surface area contributed by atoms with Crippen LogP contribution in [0, 0.1) is 6.92 Å². The second-order valence-electron chi connectivity index (χ2n) is 4.21. The third kappa shape index (κ3) is 4.75. The van der Waals surface area contributed by atoms with Crippen molar-refractivity contribution in [3.63, 3.8) is 0 Å². The highest BCUT2D eigenvalue weighted by Crippen LogP contribution is 2.11. The number of guanidine groups is 1. The Morgan fingerprint density at radius 2 is 1.79 bits per heavy atom. The molecule has 0 bridgehead atoms. The maximum atomic E-state index is 9.91. The van der Waals surface area contributed by atoms with Gasteiger partial charge in [-0.1, -0.05) is 18.2 Å². The van der Waals surface area contributed by atoms with E-state index in [-0.39, 0.29) is 11.9 Å². The molecular weight excluding hydrogens is 240 g/mol. The van der Waals surface area contributed by atoms with Gasteiger partial charge in [-0.15, -0.1) is 0 Å². The summed E-state index contributed by atoms with van der Waals surface area (Å²) in [6.07, 6.45) is 2.16. The molecule has 1 aromatic heterocycles. The van der Waals surface area contributed by atoms with E-state index in [0.717, 1.165) is 0 Å². The number of aromatic nitrogens is 1. The molecule has 2 rings (SSSR count). The molecular formula is C14H19N4O+. The molecule has 5 heteroatoms. The van der Waals surface area contributed by atoms with Crippen molar-refractivity contribution in [3.8, 4) is 0 Å². The van der Waals surface area contributed by atoms with Crippen molar-refractivity contribution in [1.82, 2.24) is 0 Å². The van der Waals surface area contributed by atoms with E-state index in [4.69, 9.17) is 11.5 Å². The highest BCUT2D eigenvalue weighted by Gasteiger charge is 2.01. The van der Waals surface area contributed by atoms with Crippen molar-refractivity contribution >= 4 is 22.6 Å². The van der Waals surface area contributed by atoms with Gasteiger partial charge < -0.3 is 11.5 Å². The lowest BCUT2D eigenvalue weighted by atomic mass is 10.1. The molecule has 5 nitrogen and oxygen atoms in total. The number of pyridine rings is 1. The second kappa shape index (κ2) is 6.49. The Morgan fingerprint density at radius 3 is 2.26 bits per heavy atom. The summed E-state index contributed by atoms with van der Waals surface area (Å²) in [6.45, 7) is 3.40. The molecule has 2 aromatic rings. The molecule has 0 saturated carbocycles. The molecule has 0 aliphatic rings. The highest BCUT2D eigenvalue weighted by molar-refractivity contribution is 5.90. The molecule has 0 saturated heterocycles. The van der Waals surface area contributed by atoms with Crippen LogP contribution in [0.25, 0.3) is 10.8 Å². The Kier molecular flexibility index (Phi) is 5.00. The van der Waals surface area contributed by atoms with E-state index >= 15 is 0 Å². The molecule has 0 aliphatic heterocycles. The SMILES string of the molecule is CC(=O)N=C(N)N.Cc1cc2ccccc2c[n+]1C. The molecule has 4 N–H and O–H groups in total. The number of amides is 1. The van der Waals surface area contributed by atoms with Gasteiger partial charge in [0.25, 0.3) is 0 Å². The number of rotatable bonds is 0. The number of nitrogens with two attached hydrogens (primary N) is 2. The molecule has 0 radical (unpaired) electrons. The largest absolute Gasteiger partial charge is 0.370 e. The molecule has 1 aromatic carbocycles. The van der Waals surface area contributed by atoms with Crippen molar-refractivity contribution in [2.24, 2.45) is 23.5 Å². The van der Waals surface area contributed by atoms with Gasteiger partial charge in [-0.2, -0.15) is 4.99 Å². The first-order chi connectivity index (χ1) is 8.90. The maximum Gasteiger partial charge on any atom is 0.245 e. The molecule has 19 heavy (non-hydrogen) atoms. The first-order valence-corrected chi connectivity index (χ1v) is 5.85. The fourth-order valence-corrected chi connectivity index (χ4v) is 1.58. The number of aliphatic imine (C=N–C) groups is 1. The van der Waals surface area contributed by atoms with E-state index in [1.54, 1.807) is 0 Å². The Balaban J connectivity index is 0.000000224. The number of carbonyl (C=O) groups excluding carboxylic acids is 1. The topological polar surface area (TPSA) is 85.3 Å². The van der Waals surface area contributed by atoms with Crippen LogP contribution in [0.15, 0.2) is 41.5 Å². The van der Waals surface area contributed by atoms with Crippen LogP contribution in [0.5, 0.6) is 0 Å². The van der Waals surface area contributed by atoms with Gasteiger partial charge in [0.15, 0.2) is 17.9 Å². The first-order valence-electron chi connectivity index (χ1n) is 5.85. The van der Waals surface area contributed by atoms with Crippen LogP contribution in [-0.2, 0) is 11.8 Å². The predicted molar refractivity (Wildman–Crippen MR) is 76.4 cm³/mol. The average Bonchev–Trinajstić information content (AvgIpc) is 2.29. The Hall–Kier alpha value is -2.43. The zero-order valence-corrected chi connectivity index (χ0v) is 11.4. The van der Waals surface area contributed by atoms with Crippen molar-refractivity contribution in [3.05, 3.63) is 42.2 Å². The van der Waals surface area contributed by atoms with Crippen LogP contribution in [0.4, 0.5) is 0 Å². The lowest BCUT2D eigenvalue weighted by molar-refractivity contribution is -0.676. The van der Waals surface area contributed by atoms with Crippen LogP contribution in [0.3, 0.4) is 0 Å². The van der Waals surface area contributed by atoms with E-state index in [1.807, 2.05) is 0 Å². The van der Waals surface area contributed by atoms with E-state index in [2.05, 4.69) is 60.1 Å². The van der Waals surface area contributed by atoms with Gasteiger partial charge in [0, 0.05) is 25.3 Å². The fourth-order valence-electron chi connectivity index (χ4n) is 1.58. The van der Waals surface area contributed by atoms with E-state index in [0.29, 0.717) is 0 Å². The molecule has 100 valence electrons. The fraction of sp³-hybridized carbons (Fsp3) is 0.214. The van der Waals surface area contributed by atoms with Crippen LogP contribution < -0.4 is 16.0 Å². The van der Waals surface area contributed by atoms with Gasteiger partial charge in [-0.25, -0.2) is 4.57 Å². The summed E-state index contributed by atoms with van der Waals surface area (Å²) in [7, 11) is 2.07. The minimum atomic E-state index is -0.375. The van der Waals surface area contributed by atoms with Crippen LogP contribution in [-0.4, -0.2) is 11.9 Å². The normalized spacial score (nSPS) is 9.42. The molecule has 0 atom stereocenters. The number of carbonyl (C=O) groups is 1. The summed E-state index contributed by atoms with van der Waals surface area (Å²) in [6, 6.07) is 10.6. The number of nitrogens with zero attached hydrogens (tertiary/aromatic N) is 2. The van der Waals surface area contributed by atoms with Crippen LogP contribution in [0.2, 0.25) is 0 Å². The van der Waals surface area contributed by atoms with Gasteiger partial charge in [0.05, 0.1) is 0 Å². The highest BCUT2D eigenvalue weighted by atomic mass is 16.1. The molecule has 0 spiro atoms. The van der Waals surface area contributed by atoms with Crippen LogP contribution in [0.1, 0.15) is 12.6 Å². The third-order valence-corrected chi connectivity index (χ3v) is 2.54. The summed E-state index contributed by atoms with van der Waals surface area (Å²) >= 11 is 0. The van der Waals surface area contributed by atoms with Gasteiger partial charge in [-0.05, 0) is 11.5 Å². The number of fused-ring (bicyclic) bond motifs is 1. The minimum absolute atomic E-state index is 0.187. The quantitative estimate of drug-likeness (QED) is 0.416. The van der Waals surface area contributed by atoms with Crippen molar-refractivity contribution in [2.45, 2.75) is 13.8 Å². The van der Waals surface area contributed by atoms with Gasteiger partial charge in [0.2, 0.25) is 5.91 Å². The average molecular weight is 259 g/mol.